The van der Waals surface area contributed by atoms with Crippen LogP contribution in [-0.4, -0.2) is 61.8 Å². The number of hydrogen-bond donors (Lipinski definition) is 4. The van der Waals surface area contributed by atoms with Crippen molar-refractivity contribution in [1.82, 2.24) is 30.2 Å². The van der Waals surface area contributed by atoms with E-state index < -0.39 is 11.9 Å². The van der Waals surface area contributed by atoms with E-state index in [0.29, 0.717) is 36.4 Å². The largest absolute Gasteiger partial charge is 0.482 e. The van der Waals surface area contributed by atoms with Crippen molar-refractivity contribution in [3.63, 3.8) is 0 Å². The number of imidazole rings is 1. The number of primary amides is 1. The quantitative estimate of drug-likeness (QED) is 0.388. The second-order valence-corrected chi connectivity index (χ2v) is 8.78. The zero-order valence-corrected chi connectivity index (χ0v) is 18.7. The molecule has 0 radical (unpaired) electrons. The molecule has 1 saturated heterocycles. The molecule has 11 nitrogen and oxygen atoms in total. The molecule has 0 aliphatic carbocycles. The van der Waals surface area contributed by atoms with Crippen molar-refractivity contribution in [1.29, 1.82) is 0 Å². The molecule has 2 aliphatic rings. The van der Waals surface area contributed by atoms with Gasteiger partial charge < -0.3 is 31.4 Å². The summed E-state index contributed by atoms with van der Waals surface area (Å²) in [4.78, 5) is 42.0. The summed E-state index contributed by atoms with van der Waals surface area (Å²) in [5.41, 5.74) is 15.3. The molecule has 3 atom stereocenters. The predicted octanol–water partition coefficient (Wildman–Crippen LogP) is 0.312. The fraction of sp³-hybridized carbons (Fsp3) is 0.435. The molecule has 4 heterocycles. The van der Waals surface area contributed by atoms with Gasteiger partial charge in [-0.15, -0.1) is 0 Å². The van der Waals surface area contributed by atoms with E-state index in [-0.39, 0.29) is 24.5 Å². The van der Waals surface area contributed by atoms with E-state index >= 15 is 0 Å². The lowest BCUT2D eigenvalue weighted by Crippen LogP contribution is -2.47. The number of aromatic nitrogens is 4. The van der Waals surface area contributed by atoms with Gasteiger partial charge in [0.05, 0.1) is 24.8 Å². The van der Waals surface area contributed by atoms with Gasteiger partial charge in [0, 0.05) is 18.7 Å². The second-order valence-electron chi connectivity index (χ2n) is 8.78. The number of H-pyrrole nitrogens is 1. The van der Waals surface area contributed by atoms with Crippen molar-refractivity contribution in [2.75, 3.05) is 13.1 Å². The van der Waals surface area contributed by atoms with Gasteiger partial charge in [-0.25, -0.2) is 15.0 Å². The van der Waals surface area contributed by atoms with Gasteiger partial charge in [-0.05, 0) is 37.4 Å². The Balaban J connectivity index is 1.45. The number of hydrogen-bond acceptors (Lipinski definition) is 8. The maximum absolute atomic E-state index is 12.8. The van der Waals surface area contributed by atoms with Gasteiger partial charge in [0.25, 0.3) is 0 Å². The topological polar surface area (TPSA) is 165 Å². The monoisotopic (exact) mass is 464 g/mol. The second kappa shape index (κ2) is 9.35. The molecule has 2 unspecified atom stereocenters. The SMILES string of the molecule is NC(=O)CC(N)C(=O)N1CCc2cccc(O[C@@H](c3ncnc4[nH]cnc34)C3CCCN3)c2C1. The number of amides is 2. The lowest BCUT2D eigenvalue weighted by atomic mass is 9.97. The third kappa shape index (κ3) is 4.31. The Morgan fingerprint density at radius 2 is 2.15 bits per heavy atom. The first-order chi connectivity index (χ1) is 16.5. The number of aromatic amines is 1. The summed E-state index contributed by atoms with van der Waals surface area (Å²) in [6.07, 6.45) is 5.22. The molecule has 6 N–H and O–H groups in total. The van der Waals surface area contributed by atoms with E-state index in [1.54, 1.807) is 11.2 Å². The van der Waals surface area contributed by atoms with E-state index in [0.717, 1.165) is 36.2 Å². The third-order valence-electron chi connectivity index (χ3n) is 6.51. The lowest BCUT2D eigenvalue weighted by molar-refractivity contribution is -0.135. The molecule has 2 aromatic heterocycles. The van der Waals surface area contributed by atoms with Crippen molar-refractivity contribution in [2.45, 2.75) is 50.4 Å². The van der Waals surface area contributed by atoms with Gasteiger partial charge in [0.2, 0.25) is 11.8 Å². The highest BCUT2D eigenvalue weighted by molar-refractivity contribution is 5.87. The van der Waals surface area contributed by atoms with E-state index in [2.05, 4.69) is 25.3 Å². The maximum Gasteiger partial charge on any atom is 0.240 e. The number of ether oxygens (including phenoxy) is 1. The Morgan fingerprint density at radius 3 is 2.94 bits per heavy atom. The van der Waals surface area contributed by atoms with Gasteiger partial charge in [-0.3, -0.25) is 9.59 Å². The van der Waals surface area contributed by atoms with Crippen molar-refractivity contribution in [3.8, 4) is 5.75 Å². The predicted molar refractivity (Wildman–Crippen MR) is 123 cm³/mol. The fourth-order valence-corrected chi connectivity index (χ4v) is 4.81. The number of nitrogens with zero attached hydrogens (tertiary/aromatic N) is 4. The number of benzene rings is 1. The minimum atomic E-state index is -0.948. The molecule has 0 saturated carbocycles. The molecule has 1 aromatic carbocycles. The van der Waals surface area contributed by atoms with Gasteiger partial charge in [0.15, 0.2) is 11.8 Å². The van der Waals surface area contributed by atoms with E-state index in [1.165, 1.54) is 6.33 Å². The lowest BCUT2D eigenvalue weighted by Gasteiger charge is -2.33. The summed E-state index contributed by atoms with van der Waals surface area (Å²) in [6, 6.07) is 5.05. The highest BCUT2D eigenvalue weighted by Crippen LogP contribution is 2.35. The first-order valence-electron chi connectivity index (χ1n) is 11.5. The molecule has 3 aromatic rings. The van der Waals surface area contributed by atoms with Gasteiger partial charge in [-0.1, -0.05) is 12.1 Å². The number of nitrogens with one attached hydrogen (secondary N) is 2. The molecule has 0 spiro atoms. The van der Waals surface area contributed by atoms with E-state index in [4.69, 9.17) is 16.2 Å². The van der Waals surface area contributed by atoms with Crippen LogP contribution in [0.1, 0.15) is 42.2 Å². The standard InChI is InChI=1S/C23H28N8O3/c24-15(9-18(25)32)23(33)31-8-6-13-3-1-5-17(14(13)10-31)34-21(16-4-2-7-26-16)19-20-22(29-11-27-19)30-12-28-20/h1,3,5,11-12,15-16,21,26H,2,4,6-10,24H2,(H2,25,32)(H,27,28,29,30)/t15?,16?,21-/m1/s1. The highest BCUT2D eigenvalue weighted by atomic mass is 16.5. The summed E-state index contributed by atoms with van der Waals surface area (Å²) < 4.78 is 6.66. The highest BCUT2D eigenvalue weighted by Gasteiger charge is 2.33. The van der Waals surface area contributed by atoms with Crippen LogP contribution in [0.4, 0.5) is 0 Å². The number of nitrogens with two attached hydrogens (primary N) is 2. The summed E-state index contributed by atoms with van der Waals surface area (Å²) in [7, 11) is 0. The Morgan fingerprint density at radius 1 is 1.26 bits per heavy atom. The Kier molecular flexibility index (Phi) is 6.12. The molecular formula is C23H28N8O3. The van der Waals surface area contributed by atoms with Crippen LogP contribution < -0.4 is 21.5 Å². The molecule has 2 aliphatic heterocycles. The van der Waals surface area contributed by atoms with Crippen LogP contribution in [0.5, 0.6) is 5.75 Å². The molecular weight excluding hydrogens is 436 g/mol. The van der Waals surface area contributed by atoms with Crippen molar-refractivity contribution >= 4 is 23.0 Å². The van der Waals surface area contributed by atoms with Crippen LogP contribution in [-0.2, 0) is 22.6 Å². The van der Waals surface area contributed by atoms with Crippen LogP contribution in [0.25, 0.3) is 11.2 Å². The number of carbonyl (C=O) groups is 2. The van der Waals surface area contributed by atoms with Crippen molar-refractivity contribution in [3.05, 3.63) is 47.7 Å². The zero-order valence-electron chi connectivity index (χ0n) is 18.7. The van der Waals surface area contributed by atoms with Crippen LogP contribution in [0.3, 0.4) is 0 Å². The van der Waals surface area contributed by atoms with Crippen LogP contribution in [0.2, 0.25) is 0 Å². The average molecular weight is 465 g/mol. The summed E-state index contributed by atoms with van der Waals surface area (Å²) >= 11 is 0. The minimum absolute atomic E-state index is 0.0657. The molecule has 34 heavy (non-hydrogen) atoms. The normalized spacial score (nSPS) is 19.6. The van der Waals surface area contributed by atoms with E-state index in [1.807, 2.05) is 18.2 Å². The van der Waals surface area contributed by atoms with Gasteiger partial charge in [-0.2, -0.15) is 0 Å². The Bertz CT molecular complexity index is 1210. The first-order valence-corrected chi connectivity index (χ1v) is 11.5. The first kappa shape index (κ1) is 22.2. The van der Waals surface area contributed by atoms with Crippen LogP contribution in [0, 0.1) is 0 Å². The van der Waals surface area contributed by atoms with Crippen molar-refractivity contribution in [2.24, 2.45) is 11.5 Å². The average Bonchev–Trinajstić information content (AvgIpc) is 3.53. The number of rotatable bonds is 7. The summed E-state index contributed by atoms with van der Waals surface area (Å²) in [5.74, 6) is -0.189. The summed E-state index contributed by atoms with van der Waals surface area (Å²) in [6.45, 7) is 1.78. The maximum atomic E-state index is 12.8. The van der Waals surface area contributed by atoms with E-state index in [9.17, 15) is 9.59 Å². The fourth-order valence-electron chi connectivity index (χ4n) is 4.81. The van der Waals surface area contributed by atoms with Crippen LogP contribution in [0.15, 0.2) is 30.9 Å². The third-order valence-corrected chi connectivity index (χ3v) is 6.51. The molecule has 2 amide bonds. The number of fused-ring (bicyclic) bond motifs is 2. The molecule has 5 rings (SSSR count). The number of carbonyl (C=O) groups excluding carboxylic acids is 2. The molecule has 1 fully saturated rings. The van der Waals surface area contributed by atoms with Gasteiger partial charge >= 0.3 is 0 Å². The zero-order chi connectivity index (χ0) is 23.7. The Hall–Kier alpha value is -3.57. The molecule has 178 valence electrons. The van der Waals surface area contributed by atoms with Crippen LogP contribution >= 0.6 is 0 Å². The van der Waals surface area contributed by atoms with Gasteiger partial charge in [0.1, 0.15) is 23.3 Å². The molecule has 11 heteroatoms. The smallest absolute Gasteiger partial charge is 0.240 e. The minimum Gasteiger partial charge on any atom is -0.482 e. The van der Waals surface area contributed by atoms with Crippen molar-refractivity contribution < 1.29 is 14.3 Å². The summed E-state index contributed by atoms with van der Waals surface area (Å²) in [5, 5.41) is 3.52. The Labute approximate surface area is 196 Å². The molecule has 0 bridgehead atoms.